The predicted molar refractivity (Wildman–Crippen MR) is 60.7 cm³/mol. The molecule has 0 fully saturated rings. The molecule has 0 radical (unpaired) electrons. The number of rotatable bonds is 1. The minimum absolute atomic E-state index is 0.852. The van der Waals surface area contributed by atoms with Crippen molar-refractivity contribution in [3.63, 3.8) is 0 Å². The van der Waals surface area contributed by atoms with Gasteiger partial charge < -0.3 is 4.74 Å². The van der Waals surface area contributed by atoms with Crippen LogP contribution >= 0.6 is 15.9 Å². The van der Waals surface area contributed by atoms with Crippen LogP contribution in [-0.2, 0) is 0 Å². The zero-order valence-electron chi connectivity index (χ0n) is 8.04. The molecule has 0 saturated carbocycles. The lowest BCUT2D eigenvalue weighted by Gasteiger charge is -2.08. The van der Waals surface area contributed by atoms with Crippen LogP contribution in [0.1, 0.15) is 5.56 Å². The molecule has 0 aliphatic heterocycles. The Morgan fingerprint density at radius 3 is 2.79 bits per heavy atom. The van der Waals surface area contributed by atoms with Crippen molar-refractivity contribution in [2.45, 2.75) is 6.92 Å². The van der Waals surface area contributed by atoms with Crippen molar-refractivity contribution in [2.24, 2.45) is 0 Å². The number of fused-ring (bicyclic) bond motifs is 1. The molecule has 0 spiro atoms. The summed E-state index contributed by atoms with van der Waals surface area (Å²) >= 11 is 3.50. The van der Waals surface area contributed by atoms with Gasteiger partial charge in [-0.3, -0.25) is 4.98 Å². The van der Waals surface area contributed by atoms with E-state index in [9.17, 15) is 0 Å². The Hall–Kier alpha value is -1.09. The first kappa shape index (κ1) is 9.46. The van der Waals surface area contributed by atoms with E-state index in [2.05, 4.69) is 20.9 Å². The van der Waals surface area contributed by atoms with Crippen LogP contribution in [0.5, 0.6) is 5.75 Å². The van der Waals surface area contributed by atoms with Gasteiger partial charge in [-0.1, -0.05) is 6.07 Å². The summed E-state index contributed by atoms with van der Waals surface area (Å²) in [4.78, 5) is 4.34. The average Bonchev–Trinajstić information content (AvgIpc) is 2.20. The van der Waals surface area contributed by atoms with Crippen LogP contribution in [0.2, 0.25) is 0 Å². The summed E-state index contributed by atoms with van der Waals surface area (Å²) in [6, 6.07) is 5.90. The second kappa shape index (κ2) is 3.58. The van der Waals surface area contributed by atoms with E-state index in [1.165, 1.54) is 0 Å². The fraction of sp³-hybridized carbons (Fsp3) is 0.182. The van der Waals surface area contributed by atoms with Gasteiger partial charge in [0.15, 0.2) is 0 Å². The SMILES string of the molecule is COc1ccc(C)c2nccc(Br)c12. The summed E-state index contributed by atoms with van der Waals surface area (Å²) in [5.74, 6) is 0.852. The third-order valence-electron chi connectivity index (χ3n) is 2.22. The second-order valence-electron chi connectivity index (χ2n) is 3.10. The zero-order chi connectivity index (χ0) is 10.1. The van der Waals surface area contributed by atoms with Gasteiger partial charge in [-0.2, -0.15) is 0 Å². The van der Waals surface area contributed by atoms with E-state index in [1.807, 2.05) is 25.1 Å². The molecule has 2 aromatic rings. The van der Waals surface area contributed by atoms with E-state index in [-0.39, 0.29) is 0 Å². The first-order valence-corrected chi connectivity index (χ1v) is 5.11. The van der Waals surface area contributed by atoms with E-state index >= 15 is 0 Å². The van der Waals surface area contributed by atoms with E-state index in [1.54, 1.807) is 13.3 Å². The van der Waals surface area contributed by atoms with Crippen molar-refractivity contribution in [1.82, 2.24) is 4.98 Å². The predicted octanol–water partition coefficient (Wildman–Crippen LogP) is 3.31. The summed E-state index contributed by atoms with van der Waals surface area (Å²) in [5.41, 5.74) is 2.14. The van der Waals surface area contributed by atoms with Gasteiger partial charge in [0, 0.05) is 10.7 Å². The molecule has 72 valence electrons. The van der Waals surface area contributed by atoms with Crippen molar-refractivity contribution in [3.8, 4) is 5.75 Å². The van der Waals surface area contributed by atoms with Crippen molar-refractivity contribution < 1.29 is 4.74 Å². The number of aromatic nitrogens is 1. The van der Waals surface area contributed by atoms with Crippen LogP contribution < -0.4 is 4.74 Å². The highest BCUT2D eigenvalue weighted by Gasteiger charge is 2.07. The van der Waals surface area contributed by atoms with Gasteiger partial charge in [0.25, 0.3) is 0 Å². The summed E-state index contributed by atoms with van der Waals surface area (Å²) in [6.07, 6.45) is 1.79. The minimum atomic E-state index is 0.852. The topological polar surface area (TPSA) is 22.1 Å². The maximum absolute atomic E-state index is 5.29. The lowest BCUT2D eigenvalue weighted by Crippen LogP contribution is -1.89. The van der Waals surface area contributed by atoms with Gasteiger partial charge in [-0.05, 0) is 40.5 Å². The molecule has 0 aliphatic carbocycles. The zero-order valence-corrected chi connectivity index (χ0v) is 9.63. The Labute approximate surface area is 91.0 Å². The van der Waals surface area contributed by atoms with Crippen molar-refractivity contribution >= 4 is 26.8 Å². The third kappa shape index (κ3) is 1.38. The Morgan fingerprint density at radius 2 is 2.07 bits per heavy atom. The van der Waals surface area contributed by atoms with E-state index in [0.717, 1.165) is 26.7 Å². The number of methoxy groups -OCH3 is 1. The molecular formula is C11H10BrNO. The highest BCUT2D eigenvalue weighted by Crippen LogP contribution is 2.32. The molecule has 0 bridgehead atoms. The standard InChI is InChI=1S/C11H10BrNO/c1-7-3-4-9(14-2)10-8(12)5-6-13-11(7)10/h3-6H,1-2H3. The van der Waals surface area contributed by atoms with Crippen LogP contribution in [0.3, 0.4) is 0 Å². The maximum atomic E-state index is 5.29. The van der Waals surface area contributed by atoms with Gasteiger partial charge >= 0.3 is 0 Å². The summed E-state index contributed by atoms with van der Waals surface area (Å²) in [5, 5.41) is 1.04. The monoisotopic (exact) mass is 251 g/mol. The maximum Gasteiger partial charge on any atom is 0.129 e. The van der Waals surface area contributed by atoms with Crippen LogP contribution in [0.4, 0.5) is 0 Å². The quantitative estimate of drug-likeness (QED) is 0.776. The largest absolute Gasteiger partial charge is 0.496 e. The second-order valence-corrected chi connectivity index (χ2v) is 3.96. The molecule has 2 nitrogen and oxygen atoms in total. The molecule has 3 heteroatoms. The highest BCUT2D eigenvalue weighted by atomic mass is 79.9. The molecule has 0 saturated heterocycles. The highest BCUT2D eigenvalue weighted by molar-refractivity contribution is 9.10. The number of halogens is 1. The van der Waals surface area contributed by atoms with Crippen LogP contribution in [-0.4, -0.2) is 12.1 Å². The molecular weight excluding hydrogens is 242 g/mol. The fourth-order valence-corrected chi connectivity index (χ4v) is 2.01. The minimum Gasteiger partial charge on any atom is -0.496 e. The van der Waals surface area contributed by atoms with Crippen LogP contribution in [0, 0.1) is 6.92 Å². The van der Waals surface area contributed by atoms with Gasteiger partial charge in [-0.25, -0.2) is 0 Å². The van der Waals surface area contributed by atoms with E-state index < -0.39 is 0 Å². The van der Waals surface area contributed by atoms with Gasteiger partial charge in [0.05, 0.1) is 18.0 Å². The molecule has 1 aromatic heterocycles. The first-order valence-electron chi connectivity index (χ1n) is 4.32. The van der Waals surface area contributed by atoms with Gasteiger partial charge in [-0.15, -0.1) is 0 Å². The Bertz CT molecular complexity index is 482. The van der Waals surface area contributed by atoms with E-state index in [0.29, 0.717) is 0 Å². The lowest BCUT2D eigenvalue weighted by atomic mass is 10.1. The first-order chi connectivity index (χ1) is 6.74. The number of aryl methyl sites for hydroxylation is 1. The molecule has 0 amide bonds. The van der Waals surface area contributed by atoms with Gasteiger partial charge in [0.1, 0.15) is 5.75 Å². The molecule has 2 rings (SSSR count). The molecule has 1 heterocycles. The Balaban J connectivity index is 2.92. The molecule has 0 N–H and O–H groups in total. The number of pyridine rings is 1. The normalized spacial score (nSPS) is 10.5. The molecule has 14 heavy (non-hydrogen) atoms. The molecule has 0 atom stereocenters. The average molecular weight is 252 g/mol. The van der Waals surface area contributed by atoms with Crippen LogP contribution in [0.25, 0.3) is 10.9 Å². The number of hydrogen-bond acceptors (Lipinski definition) is 2. The van der Waals surface area contributed by atoms with Crippen molar-refractivity contribution in [3.05, 3.63) is 34.4 Å². The third-order valence-corrected chi connectivity index (χ3v) is 2.89. The number of nitrogens with zero attached hydrogens (tertiary/aromatic N) is 1. The summed E-state index contributed by atoms with van der Waals surface area (Å²) < 4.78 is 6.31. The Kier molecular flexibility index (Phi) is 2.42. The fourth-order valence-electron chi connectivity index (χ4n) is 1.50. The van der Waals surface area contributed by atoms with Crippen molar-refractivity contribution in [1.29, 1.82) is 0 Å². The Morgan fingerprint density at radius 1 is 1.29 bits per heavy atom. The summed E-state index contributed by atoms with van der Waals surface area (Å²) in [7, 11) is 1.67. The molecule has 0 unspecified atom stereocenters. The molecule has 0 aliphatic rings. The molecule has 1 aromatic carbocycles. The lowest BCUT2D eigenvalue weighted by molar-refractivity contribution is 0.419. The van der Waals surface area contributed by atoms with E-state index in [4.69, 9.17) is 4.74 Å². The number of ether oxygens (including phenoxy) is 1. The summed E-state index contributed by atoms with van der Waals surface area (Å²) in [6.45, 7) is 2.04. The smallest absolute Gasteiger partial charge is 0.129 e. The van der Waals surface area contributed by atoms with Crippen LogP contribution in [0.15, 0.2) is 28.9 Å². The van der Waals surface area contributed by atoms with Crippen molar-refractivity contribution in [2.75, 3.05) is 7.11 Å². The van der Waals surface area contributed by atoms with Gasteiger partial charge in [0.2, 0.25) is 0 Å². The number of benzene rings is 1. The number of hydrogen-bond donors (Lipinski definition) is 0.